The van der Waals surface area contributed by atoms with E-state index in [2.05, 4.69) is 14.4 Å². The Bertz CT molecular complexity index is 953. The summed E-state index contributed by atoms with van der Waals surface area (Å²) in [5, 5.41) is 0. The monoisotopic (exact) mass is 409 g/mol. The van der Waals surface area contributed by atoms with E-state index in [4.69, 9.17) is 0 Å². The summed E-state index contributed by atoms with van der Waals surface area (Å²) in [5.74, 6) is 0. The van der Waals surface area contributed by atoms with Gasteiger partial charge in [-0.2, -0.15) is 0 Å². The van der Waals surface area contributed by atoms with Gasteiger partial charge in [-0.1, -0.05) is 25.3 Å². The molecule has 2 aromatic rings. The Balaban J connectivity index is 1.68. The third kappa shape index (κ3) is 5.35. The van der Waals surface area contributed by atoms with Crippen molar-refractivity contribution >= 4 is 20.0 Å². The molecule has 1 heterocycles. The Morgan fingerprint density at radius 1 is 0.889 bits per heavy atom. The van der Waals surface area contributed by atoms with Gasteiger partial charge in [-0.3, -0.25) is 4.98 Å². The van der Waals surface area contributed by atoms with E-state index in [-0.39, 0.29) is 22.4 Å². The Morgan fingerprint density at radius 2 is 1.52 bits per heavy atom. The topological polar surface area (TPSA) is 105 Å². The number of hydrogen-bond acceptors (Lipinski definition) is 5. The molecule has 1 aromatic carbocycles. The molecular weight excluding hydrogens is 386 g/mol. The van der Waals surface area contributed by atoms with Crippen molar-refractivity contribution in [2.75, 3.05) is 0 Å². The van der Waals surface area contributed by atoms with Gasteiger partial charge < -0.3 is 0 Å². The van der Waals surface area contributed by atoms with E-state index < -0.39 is 20.0 Å². The lowest BCUT2D eigenvalue weighted by molar-refractivity contribution is 0.412. The number of pyridine rings is 1. The first-order chi connectivity index (χ1) is 12.9. The molecule has 0 spiro atoms. The molecule has 1 aromatic heterocycles. The lowest BCUT2D eigenvalue weighted by Crippen LogP contribution is -2.36. The number of hydrogen-bond donors (Lipinski definition) is 2. The molecule has 1 aliphatic carbocycles. The van der Waals surface area contributed by atoms with Crippen molar-refractivity contribution in [3.8, 4) is 0 Å². The molecule has 0 unspecified atom stereocenters. The van der Waals surface area contributed by atoms with Crippen LogP contribution in [0.25, 0.3) is 0 Å². The molecule has 1 aliphatic rings. The predicted octanol–water partition coefficient (Wildman–Crippen LogP) is 2.17. The van der Waals surface area contributed by atoms with Crippen LogP contribution in [0.5, 0.6) is 0 Å². The van der Waals surface area contributed by atoms with E-state index in [1.165, 1.54) is 24.3 Å². The lowest BCUT2D eigenvalue weighted by atomic mass is 9.96. The number of sulfonamides is 2. The molecule has 2 N–H and O–H groups in total. The minimum atomic E-state index is -3.74. The van der Waals surface area contributed by atoms with Gasteiger partial charge in [0.05, 0.1) is 9.79 Å². The molecule has 146 valence electrons. The summed E-state index contributed by atoms with van der Waals surface area (Å²) in [6, 6.07) is 8.70. The van der Waals surface area contributed by atoms with Crippen molar-refractivity contribution in [2.45, 2.75) is 54.5 Å². The molecule has 9 heteroatoms. The molecule has 0 aliphatic heterocycles. The van der Waals surface area contributed by atoms with Gasteiger partial charge in [0.1, 0.15) is 0 Å². The number of nitrogens with one attached hydrogen (secondary N) is 2. The summed E-state index contributed by atoms with van der Waals surface area (Å²) in [5.41, 5.74) is 0.733. The highest BCUT2D eigenvalue weighted by Gasteiger charge is 2.22. The number of rotatable bonds is 7. The minimum absolute atomic E-state index is 0.0167. The van der Waals surface area contributed by atoms with Crippen molar-refractivity contribution < 1.29 is 16.8 Å². The summed E-state index contributed by atoms with van der Waals surface area (Å²) in [6.45, 7) is 0.111. The van der Waals surface area contributed by atoms with Crippen LogP contribution in [0.15, 0.2) is 58.6 Å². The number of benzene rings is 1. The number of nitrogens with zero attached hydrogens (tertiary/aromatic N) is 1. The van der Waals surface area contributed by atoms with Crippen LogP contribution in [0.2, 0.25) is 0 Å². The molecule has 0 atom stereocenters. The fourth-order valence-corrected chi connectivity index (χ4v) is 5.39. The largest absolute Gasteiger partial charge is 0.264 e. The Kier molecular flexibility index (Phi) is 6.25. The third-order valence-electron chi connectivity index (χ3n) is 4.56. The second kappa shape index (κ2) is 8.47. The van der Waals surface area contributed by atoms with Crippen LogP contribution in [0, 0.1) is 0 Å². The highest BCUT2D eigenvalue weighted by Crippen LogP contribution is 2.21. The Morgan fingerprint density at radius 3 is 2.11 bits per heavy atom. The zero-order valence-electron chi connectivity index (χ0n) is 14.8. The molecule has 1 saturated carbocycles. The lowest BCUT2D eigenvalue weighted by Gasteiger charge is -2.22. The SMILES string of the molecule is O=S(=O)(NCc1cccnc1)c1ccc(S(=O)(=O)NC2CCCCC2)cc1. The van der Waals surface area contributed by atoms with E-state index >= 15 is 0 Å². The molecule has 3 rings (SSSR count). The molecular formula is C18H23N3O4S2. The van der Waals surface area contributed by atoms with Crippen LogP contribution in [-0.2, 0) is 26.6 Å². The Labute approximate surface area is 160 Å². The highest BCUT2D eigenvalue weighted by atomic mass is 32.2. The van der Waals surface area contributed by atoms with Crippen LogP contribution in [-0.4, -0.2) is 27.9 Å². The standard InChI is InChI=1S/C18H23N3O4S2/c22-26(23,20-14-15-5-4-12-19-13-15)17-8-10-18(11-9-17)27(24,25)21-16-6-2-1-3-7-16/h4-5,8-13,16,20-21H,1-3,6-7,14H2. The summed E-state index contributed by atoms with van der Waals surface area (Å²) < 4.78 is 55.0. The normalized spacial score (nSPS) is 16.3. The van der Waals surface area contributed by atoms with E-state index in [1.54, 1.807) is 24.5 Å². The minimum Gasteiger partial charge on any atom is -0.264 e. The van der Waals surface area contributed by atoms with Crippen molar-refractivity contribution in [1.82, 2.24) is 14.4 Å². The maximum absolute atomic E-state index is 12.5. The van der Waals surface area contributed by atoms with Crippen LogP contribution < -0.4 is 9.44 Å². The summed E-state index contributed by atoms with van der Waals surface area (Å²) >= 11 is 0. The van der Waals surface area contributed by atoms with Gasteiger partial charge in [0.2, 0.25) is 20.0 Å². The molecule has 27 heavy (non-hydrogen) atoms. The first-order valence-electron chi connectivity index (χ1n) is 8.88. The van der Waals surface area contributed by atoms with Crippen molar-refractivity contribution in [3.63, 3.8) is 0 Å². The van der Waals surface area contributed by atoms with Gasteiger partial charge in [0.15, 0.2) is 0 Å². The zero-order valence-corrected chi connectivity index (χ0v) is 16.5. The van der Waals surface area contributed by atoms with E-state index in [1.807, 2.05) is 0 Å². The third-order valence-corrected chi connectivity index (χ3v) is 7.51. The Hall–Kier alpha value is -1.81. The predicted molar refractivity (Wildman–Crippen MR) is 102 cm³/mol. The molecule has 0 amide bonds. The van der Waals surface area contributed by atoms with Crippen LogP contribution in [0.4, 0.5) is 0 Å². The zero-order chi connectivity index (χ0) is 19.3. The van der Waals surface area contributed by atoms with Gasteiger partial charge in [-0.25, -0.2) is 26.3 Å². The van der Waals surface area contributed by atoms with E-state index in [9.17, 15) is 16.8 Å². The smallest absolute Gasteiger partial charge is 0.240 e. The first-order valence-corrected chi connectivity index (χ1v) is 11.8. The van der Waals surface area contributed by atoms with Crippen molar-refractivity contribution in [2.24, 2.45) is 0 Å². The van der Waals surface area contributed by atoms with Gasteiger partial charge >= 0.3 is 0 Å². The van der Waals surface area contributed by atoms with Gasteiger partial charge in [0, 0.05) is 25.0 Å². The molecule has 0 radical (unpaired) electrons. The summed E-state index contributed by atoms with van der Waals surface area (Å²) in [7, 11) is -7.39. The fraction of sp³-hybridized carbons (Fsp3) is 0.389. The molecule has 1 fully saturated rings. The summed E-state index contributed by atoms with van der Waals surface area (Å²) in [4.78, 5) is 4.02. The second-order valence-corrected chi connectivity index (χ2v) is 10.1. The first kappa shape index (κ1) is 19.9. The average Bonchev–Trinajstić information content (AvgIpc) is 2.68. The maximum atomic E-state index is 12.5. The average molecular weight is 410 g/mol. The van der Waals surface area contributed by atoms with Gasteiger partial charge in [-0.15, -0.1) is 0 Å². The quantitative estimate of drug-likeness (QED) is 0.729. The van der Waals surface area contributed by atoms with Crippen LogP contribution >= 0.6 is 0 Å². The van der Waals surface area contributed by atoms with Gasteiger partial charge in [-0.05, 0) is 48.7 Å². The molecule has 7 nitrogen and oxygen atoms in total. The highest BCUT2D eigenvalue weighted by molar-refractivity contribution is 7.90. The molecule has 0 saturated heterocycles. The number of aromatic nitrogens is 1. The van der Waals surface area contributed by atoms with Crippen LogP contribution in [0.1, 0.15) is 37.7 Å². The van der Waals surface area contributed by atoms with Crippen molar-refractivity contribution in [3.05, 3.63) is 54.4 Å². The van der Waals surface area contributed by atoms with Crippen LogP contribution in [0.3, 0.4) is 0 Å². The van der Waals surface area contributed by atoms with Gasteiger partial charge in [0.25, 0.3) is 0 Å². The maximum Gasteiger partial charge on any atom is 0.240 e. The molecule has 0 bridgehead atoms. The summed E-state index contributed by atoms with van der Waals surface area (Å²) in [6.07, 6.45) is 8.04. The fourth-order valence-electron chi connectivity index (χ4n) is 3.07. The van der Waals surface area contributed by atoms with Crippen molar-refractivity contribution in [1.29, 1.82) is 0 Å². The van der Waals surface area contributed by atoms with E-state index in [0.29, 0.717) is 0 Å². The van der Waals surface area contributed by atoms with E-state index in [0.717, 1.165) is 37.7 Å². The second-order valence-electron chi connectivity index (χ2n) is 6.61.